The standard InChI is InChI=1S/C21H34N2O2/c1-22-15-17-23(18-16-22)21(24)10-8-6-4-3-5-7-9-19-11-13-20(25-2)14-12-19/h11-14H,3-10,15-18H2,1-2H3. The van der Waals surface area contributed by atoms with Gasteiger partial charge >= 0.3 is 0 Å². The highest BCUT2D eigenvalue weighted by Crippen LogP contribution is 2.15. The summed E-state index contributed by atoms with van der Waals surface area (Å²) in [4.78, 5) is 16.5. The maximum Gasteiger partial charge on any atom is 0.222 e. The minimum Gasteiger partial charge on any atom is -0.497 e. The highest BCUT2D eigenvalue weighted by atomic mass is 16.5. The number of aryl methyl sites for hydroxylation is 1. The van der Waals surface area contributed by atoms with Crippen LogP contribution in [0.2, 0.25) is 0 Å². The van der Waals surface area contributed by atoms with Crippen molar-refractivity contribution in [2.75, 3.05) is 40.3 Å². The average Bonchev–Trinajstić information content (AvgIpc) is 2.64. The van der Waals surface area contributed by atoms with Crippen molar-refractivity contribution in [3.8, 4) is 5.75 Å². The van der Waals surface area contributed by atoms with E-state index in [0.29, 0.717) is 5.91 Å². The van der Waals surface area contributed by atoms with Crippen molar-refractivity contribution >= 4 is 5.91 Å². The monoisotopic (exact) mass is 346 g/mol. The number of rotatable bonds is 10. The van der Waals surface area contributed by atoms with Crippen LogP contribution in [0.5, 0.6) is 5.75 Å². The zero-order valence-corrected chi connectivity index (χ0v) is 16.0. The van der Waals surface area contributed by atoms with Crippen LogP contribution in [0.15, 0.2) is 24.3 Å². The van der Waals surface area contributed by atoms with Crippen molar-refractivity contribution in [3.63, 3.8) is 0 Å². The van der Waals surface area contributed by atoms with E-state index in [4.69, 9.17) is 4.74 Å². The fourth-order valence-corrected chi connectivity index (χ4v) is 3.32. The van der Waals surface area contributed by atoms with Crippen LogP contribution in [0, 0.1) is 0 Å². The number of amides is 1. The summed E-state index contributed by atoms with van der Waals surface area (Å²) < 4.78 is 5.18. The third kappa shape index (κ3) is 7.47. The highest BCUT2D eigenvalue weighted by molar-refractivity contribution is 5.76. The van der Waals surface area contributed by atoms with Gasteiger partial charge in [-0.05, 0) is 44.0 Å². The molecule has 1 aliphatic heterocycles. The first-order valence-corrected chi connectivity index (χ1v) is 9.78. The summed E-state index contributed by atoms with van der Waals surface area (Å²) in [5.41, 5.74) is 1.39. The van der Waals surface area contributed by atoms with Gasteiger partial charge in [0.05, 0.1) is 7.11 Å². The van der Waals surface area contributed by atoms with Crippen molar-refractivity contribution in [1.29, 1.82) is 0 Å². The number of hydrogen-bond donors (Lipinski definition) is 0. The molecule has 25 heavy (non-hydrogen) atoms. The Morgan fingerprint density at radius 1 is 0.920 bits per heavy atom. The van der Waals surface area contributed by atoms with Crippen LogP contribution >= 0.6 is 0 Å². The number of methoxy groups -OCH3 is 1. The number of likely N-dealkylation sites (N-methyl/N-ethyl adjacent to an activating group) is 1. The average molecular weight is 347 g/mol. The lowest BCUT2D eigenvalue weighted by Crippen LogP contribution is -2.47. The molecule has 1 fully saturated rings. The van der Waals surface area contributed by atoms with Crippen LogP contribution in [-0.4, -0.2) is 56.0 Å². The molecule has 1 heterocycles. The van der Waals surface area contributed by atoms with Gasteiger partial charge in [-0.1, -0.05) is 37.8 Å². The molecule has 1 aromatic rings. The van der Waals surface area contributed by atoms with E-state index >= 15 is 0 Å². The molecule has 0 N–H and O–H groups in total. The Morgan fingerprint density at radius 3 is 2.16 bits per heavy atom. The molecule has 0 radical (unpaired) electrons. The molecule has 1 aromatic carbocycles. The molecule has 0 saturated carbocycles. The SMILES string of the molecule is COc1ccc(CCCCCCCCC(=O)N2CCN(C)CC2)cc1. The van der Waals surface area contributed by atoms with E-state index in [9.17, 15) is 4.79 Å². The number of unbranched alkanes of at least 4 members (excludes halogenated alkanes) is 5. The molecule has 0 aliphatic carbocycles. The van der Waals surface area contributed by atoms with Crippen molar-refractivity contribution < 1.29 is 9.53 Å². The normalized spacial score (nSPS) is 15.4. The maximum absolute atomic E-state index is 12.1. The van der Waals surface area contributed by atoms with Gasteiger partial charge in [0.25, 0.3) is 0 Å². The van der Waals surface area contributed by atoms with Crippen molar-refractivity contribution in [3.05, 3.63) is 29.8 Å². The van der Waals surface area contributed by atoms with E-state index in [1.165, 1.54) is 37.7 Å². The smallest absolute Gasteiger partial charge is 0.222 e. The molecule has 2 rings (SSSR count). The molecule has 0 aromatic heterocycles. The first kappa shape index (κ1) is 19.8. The molecule has 1 amide bonds. The first-order chi connectivity index (χ1) is 12.2. The van der Waals surface area contributed by atoms with Gasteiger partial charge in [-0.3, -0.25) is 4.79 Å². The van der Waals surface area contributed by atoms with Crippen molar-refractivity contribution in [2.24, 2.45) is 0 Å². The minimum absolute atomic E-state index is 0.354. The third-order valence-electron chi connectivity index (χ3n) is 5.12. The number of hydrogen-bond acceptors (Lipinski definition) is 3. The molecule has 0 spiro atoms. The Balaban J connectivity index is 1.44. The Bertz CT molecular complexity index is 493. The largest absolute Gasteiger partial charge is 0.497 e. The summed E-state index contributed by atoms with van der Waals surface area (Å²) in [7, 11) is 3.82. The zero-order chi connectivity index (χ0) is 17.9. The molecule has 1 saturated heterocycles. The van der Waals surface area contributed by atoms with E-state index in [0.717, 1.165) is 51.2 Å². The molecule has 140 valence electrons. The van der Waals surface area contributed by atoms with Gasteiger partial charge in [-0.2, -0.15) is 0 Å². The second kappa shape index (κ2) is 11.1. The molecule has 4 heteroatoms. The van der Waals surface area contributed by atoms with E-state index in [-0.39, 0.29) is 0 Å². The van der Waals surface area contributed by atoms with Crippen LogP contribution < -0.4 is 4.74 Å². The zero-order valence-electron chi connectivity index (χ0n) is 16.0. The molecule has 1 aliphatic rings. The maximum atomic E-state index is 12.1. The number of carbonyl (C=O) groups excluding carboxylic acids is 1. The molecular weight excluding hydrogens is 312 g/mol. The van der Waals surface area contributed by atoms with E-state index < -0.39 is 0 Å². The van der Waals surface area contributed by atoms with Crippen molar-refractivity contribution in [2.45, 2.75) is 51.4 Å². The summed E-state index contributed by atoms with van der Waals surface area (Å²) >= 11 is 0. The van der Waals surface area contributed by atoms with Gasteiger partial charge in [0.1, 0.15) is 5.75 Å². The highest BCUT2D eigenvalue weighted by Gasteiger charge is 2.18. The van der Waals surface area contributed by atoms with Gasteiger partial charge in [-0.15, -0.1) is 0 Å². The topological polar surface area (TPSA) is 32.8 Å². The van der Waals surface area contributed by atoms with Crippen LogP contribution in [0.4, 0.5) is 0 Å². The van der Waals surface area contributed by atoms with Gasteiger partial charge < -0.3 is 14.5 Å². The van der Waals surface area contributed by atoms with Crippen LogP contribution in [-0.2, 0) is 11.2 Å². The number of carbonyl (C=O) groups is 1. The molecule has 0 bridgehead atoms. The van der Waals surface area contributed by atoms with E-state index in [2.05, 4.69) is 24.1 Å². The Hall–Kier alpha value is -1.55. The van der Waals surface area contributed by atoms with Gasteiger partial charge in [-0.25, -0.2) is 0 Å². The second-order valence-corrected chi connectivity index (χ2v) is 7.15. The van der Waals surface area contributed by atoms with Gasteiger partial charge in [0, 0.05) is 32.6 Å². The van der Waals surface area contributed by atoms with Gasteiger partial charge in [0.15, 0.2) is 0 Å². The van der Waals surface area contributed by atoms with Crippen molar-refractivity contribution in [1.82, 2.24) is 9.80 Å². The number of piperazine rings is 1. The summed E-state index contributed by atoms with van der Waals surface area (Å²) in [5, 5.41) is 0. The van der Waals surface area contributed by atoms with Crippen LogP contribution in [0.25, 0.3) is 0 Å². The summed E-state index contributed by atoms with van der Waals surface area (Å²) in [6.45, 7) is 3.83. The Labute approximate surface area is 153 Å². The third-order valence-corrected chi connectivity index (χ3v) is 5.12. The fraction of sp³-hybridized carbons (Fsp3) is 0.667. The quantitative estimate of drug-likeness (QED) is 0.605. The van der Waals surface area contributed by atoms with Gasteiger partial charge in [0.2, 0.25) is 5.91 Å². The van der Waals surface area contributed by atoms with E-state index in [1.807, 2.05) is 17.0 Å². The lowest BCUT2D eigenvalue weighted by Gasteiger charge is -2.32. The number of nitrogens with zero attached hydrogens (tertiary/aromatic N) is 2. The molecule has 0 unspecified atom stereocenters. The molecule has 4 nitrogen and oxygen atoms in total. The lowest BCUT2D eigenvalue weighted by molar-refractivity contribution is -0.132. The summed E-state index contributed by atoms with van der Waals surface area (Å²) in [5.74, 6) is 1.28. The Kier molecular flexibility index (Phi) is 8.81. The van der Waals surface area contributed by atoms with Crippen LogP contribution in [0.1, 0.15) is 50.5 Å². The number of ether oxygens (including phenoxy) is 1. The Morgan fingerprint density at radius 2 is 1.52 bits per heavy atom. The fourth-order valence-electron chi connectivity index (χ4n) is 3.32. The summed E-state index contributed by atoms with van der Waals surface area (Å²) in [6.07, 6.45) is 9.15. The molecule has 0 atom stereocenters. The predicted molar refractivity (Wildman–Crippen MR) is 103 cm³/mol. The minimum atomic E-state index is 0.354. The second-order valence-electron chi connectivity index (χ2n) is 7.15. The summed E-state index contributed by atoms with van der Waals surface area (Å²) in [6, 6.07) is 8.38. The predicted octanol–water partition coefficient (Wildman–Crippen LogP) is 3.74. The molecular formula is C21H34N2O2. The van der Waals surface area contributed by atoms with E-state index in [1.54, 1.807) is 7.11 Å². The number of benzene rings is 1. The lowest BCUT2D eigenvalue weighted by atomic mass is 10.0. The van der Waals surface area contributed by atoms with Crippen LogP contribution in [0.3, 0.4) is 0 Å². The first-order valence-electron chi connectivity index (χ1n) is 9.78.